The number of allylic oxidation sites excluding steroid dienone is 3. The van der Waals surface area contributed by atoms with Crippen LogP contribution in [0, 0.1) is 0 Å². The van der Waals surface area contributed by atoms with E-state index in [0.29, 0.717) is 6.42 Å². The molecule has 1 rings (SSSR count). The van der Waals surface area contributed by atoms with Gasteiger partial charge in [-0.1, -0.05) is 269 Å². The van der Waals surface area contributed by atoms with E-state index in [2.05, 4.69) is 31.3 Å². The summed E-state index contributed by atoms with van der Waals surface area (Å²) in [5.41, 5.74) is 0. The molecule has 6 N–H and O–H groups in total. The summed E-state index contributed by atoms with van der Waals surface area (Å²) < 4.78 is 11.1. The van der Waals surface area contributed by atoms with Crippen LogP contribution in [-0.2, 0) is 14.3 Å². The Hall–Kier alpha value is -1.33. The van der Waals surface area contributed by atoms with Crippen molar-refractivity contribution >= 4 is 5.91 Å². The van der Waals surface area contributed by atoms with Gasteiger partial charge in [0.05, 0.1) is 25.4 Å². The van der Waals surface area contributed by atoms with Crippen molar-refractivity contribution < 1.29 is 39.8 Å². The van der Waals surface area contributed by atoms with Gasteiger partial charge in [-0.05, 0) is 38.5 Å². The summed E-state index contributed by atoms with van der Waals surface area (Å²) in [7, 11) is 0. The third-order valence-corrected chi connectivity index (χ3v) is 14.3. The van der Waals surface area contributed by atoms with Crippen molar-refractivity contribution in [3.63, 3.8) is 0 Å². The van der Waals surface area contributed by atoms with E-state index in [4.69, 9.17) is 9.47 Å². The number of aliphatic hydroxyl groups excluding tert-OH is 5. The van der Waals surface area contributed by atoms with Crippen molar-refractivity contribution in [1.82, 2.24) is 5.32 Å². The van der Waals surface area contributed by atoms with E-state index < -0.39 is 49.5 Å². The van der Waals surface area contributed by atoms with Crippen LogP contribution in [0.1, 0.15) is 290 Å². The number of carbonyl (C=O) groups excluding carboxylic acids is 1. The number of nitrogens with one attached hydrogen (secondary N) is 1. The Labute approximate surface area is 419 Å². The van der Waals surface area contributed by atoms with Crippen molar-refractivity contribution in [3.05, 3.63) is 24.3 Å². The minimum Gasteiger partial charge on any atom is -0.394 e. The largest absolute Gasteiger partial charge is 0.394 e. The molecule has 1 aliphatic rings. The number of hydrogen-bond acceptors (Lipinski definition) is 8. The Morgan fingerprint density at radius 2 is 0.838 bits per heavy atom. The molecule has 0 bridgehead atoms. The van der Waals surface area contributed by atoms with Crippen molar-refractivity contribution in [2.45, 2.75) is 333 Å². The van der Waals surface area contributed by atoms with E-state index in [1.54, 1.807) is 6.08 Å². The van der Waals surface area contributed by atoms with Crippen molar-refractivity contribution in [2.75, 3.05) is 13.2 Å². The molecule has 1 fully saturated rings. The SMILES string of the molecule is CCCC/C=C/C(O)C(COC1OC(CO)C(O)C(O)C1O)NC(=O)CCCCCCCCCCCCCCCCCCCCCCCCCCCCCCC/C=C\CCCCCCCCCC. The summed E-state index contributed by atoms with van der Waals surface area (Å²) in [6.45, 7) is 3.64. The van der Waals surface area contributed by atoms with E-state index in [0.717, 1.165) is 38.5 Å². The molecule has 1 saturated heterocycles. The number of amides is 1. The fourth-order valence-electron chi connectivity index (χ4n) is 9.55. The lowest BCUT2D eigenvalue weighted by molar-refractivity contribution is -0.302. The van der Waals surface area contributed by atoms with E-state index in [1.807, 2.05) is 6.08 Å². The zero-order valence-corrected chi connectivity index (χ0v) is 44.6. The van der Waals surface area contributed by atoms with Gasteiger partial charge in [0, 0.05) is 6.42 Å². The lowest BCUT2D eigenvalue weighted by Gasteiger charge is -2.40. The fourth-order valence-corrected chi connectivity index (χ4v) is 9.55. The van der Waals surface area contributed by atoms with Gasteiger partial charge in [0.25, 0.3) is 0 Å². The molecule has 7 atom stereocenters. The third-order valence-electron chi connectivity index (χ3n) is 14.3. The van der Waals surface area contributed by atoms with Crippen LogP contribution in [0.5, 0.6) is 0 Å². The maximum Gasteiger partial charge on any atom is 0.220 e. The molecular formula is C59H113NO8. The summed E-state index contributed by atoms with van der Waals surface area (Å²) in [5, 5.41) is 53.7. The Kier molecular flexibility index (Phi) is 46.9. The van der Waals surface area contributed by atoms with Crippen LogP contribution in [-0.4, -0.2) is 87.5 Å². The molecule has 0 saturated carbocycles. The highest BCUT2D eigenvalue weighted by molar-refractivity contribution is 5.76. The number of hydrogen-bond donors (Lipinski definition) is 6. The second kappa shape index (κ2) is 49.3. The Morgan fingerprint density at radius 1 is 0.485 bits per heavy atom. The molecule has 0 aromatic carbocycles. The standard InChI is InChI=1S/C59H113NO8/c1-3-5-7-9-10-11-12-13-14-15-16-17-18-19-20-21-22-23-24-25-26-27-28-29-30-31-32-33-34-35-36-37-38-39-40-41-42-43-44-45-47-49-55(63)60-52(53(62)48-46-8-6-4-2)51-67-59-58(66)57(65)56(64)54(50-61)68-59/h15-16,46,48,52-54,56-59,61-62,64-66H,3-14,17-45,47,49-51H2,1-2H3,(H,60,63)/b16-15-,48-46+. The number of ether oxygens (including phenoxy) is 2. The minimum atomic E-state index is -1.56. The van der Waals surface area contributed by atoms with Crippen LogP contribution < -0.4 is 5.32 Å². The quantitative estimate of drug-likeness (QED) is 0.0261. The lowest BCUT2D eigenvalue weighted by Crippen LogP contribution is -2.60. The number of carbonyl (C=O) groups is 1. The second-order valence-electron chi connectivity index (χ2n) is 20.8. The average molecular weight is 965 g/mol. The first-order valence-corrected chi connectivity index (χ1v) is 29.6. The minimum absolute atomic E-state index is 0.181. The molecule has 1 heterocycles. The van der Waals surface area contributed by atoms with E-state index in [9.17, 15) is 30.3 Å². The van der Waals surface area contributed by atoms with E-state index in [-0.39, 0.29) is 12.5 Å². The van der Waals surface area contributed by atoms with Gasteiger partial charge in [0.2, 0.25) is 5.91 Å². The van der Waals surface area contributed by atoms with Crippen LogP contribution in [0.15, 0.2) is 24.3 Å². The molecule has 9 heteroatoms. The first kappa shape index (κ1) is 64.7. The zero-order chi connectivity index (χ0) is 49.4. The third kappa shape index (κ3) is 38.4. The van der Waals surface area contributed by atoms with Crippen molar-refractivity contribution in [2.24, 2.45) is 0 Å². The Balaban J connectivity index is 1.87. The predicted octanol–water partition coefficient (Wildman–Crippen LogP) is 14.6. The number of rotatable bonds is 51. The summed E-state index contributed by atoms with van der Waals surface area (Å²) in [5.74, 6) is -0.181. The summed E-state index contributed by atoms with van der Waals surface area (Å²) in [4.78, 5) is 12.8. The van der Waals surface area contributed by atoms with E-state index in [1.165, 1.54) is 231 Å². The topological polar surface area (TPSA) is 149 Å². The predicted molar refractivity (Wildman–Crippen MR) is 286 cm³/mol. The molecule has 402 valence electrons. The van der Waals surface area contributed by atoms with E-state index >= 15 is 0 Å². The van der Waals surface area contributed by atoms with Crippen molar-refractivity contribution in [3.8, 4) is 0 Å². The Bertz CT molecular complexity index is 1120. The molecular weight excluding hydrogens is 851 g/mol. The molecule has 7 unspecified atom stereocenters. The summed E-state index contributed by atoms with van der Waals surface area (Å²) in [6, 6.07) is -0.797. The fraction of sp³-hybridized carbons (Fsp3) is 0.915. The van der Waals surface area contributed by atoms with Gasteiger partial charge in [0.15, 0.2) is 6.29 Å². The smallest absolute Gasteiger partial charge is 0.220 e. The molecule has 68 heavy (non-hydrogen) atoms. The lowest BCUT2D eigenvalue weighted by atomic mass is 9.99. The highest BCUT2D eigenvalue weighted by Crippen LogP contribution is 2.23. The highest BCUT2D eigenvalue weighted by atomic mass is 16.7. The van der Waals surface area contributed by atoms with Gasteiger partial charge in [-0.2, -0.15) is 0 Å². The highest BCUT2D eigenvalue weighted by Gasteiger charge is 2.44. The number of aliphatic hydroxyl groups is 5. The number of unbranched alkanes of at least 4 members (excludes halogenated alkanes) is 39. The molecule has 0 radical (unpaired) electrons. The molecule has 0 spiro atoms. The van der Waals surface area contributed by atoms with Gasteiger partial charge < -0.3 is 40.3 Å². The van der Waals surface area contributed by atoms with Crippen LogP contribution >= 0.6 is 0 Å². The van der Waals surface area contributed by atoms with Gasteiger partial charge in [-0.3, -0.25) is 4.79 Å². The first-order chi connectivity index (χ1) is 33.3. The maximum absolute atomic E-state index is 12.8. The maximum atomic E-state index is 12.8. The average Bonchev–Trinajstić information content (AvgIpc) is 3.34. The van der Waals surface area contributed by atoms with Gasteiger partial charge in [-0.15, -0.1) is 0 Å². The van der Waals surface area contributed by atoms with Gasteiger partial charge >= 0.3 is 0 Å². The zero-order valence-electron chi connectivity index (χ0n) is 44.6. The summed E-state index contributed by atoms with van der Waals surface area (Å²) >= 11 is 0. The van der Waals surface area contributed by atoms with Crippen molar-refractivity contribution in [1.29, 1.82) is 0 Å². The molecule has 0 aliphatic carbocycles. The van der Waals surface area contributed by atoms with Crippen LogP contribution in [0.2, 0.25) is 0 Å². The second-order valence-corrected chi connectivity index (χ2v) is 20.8. The first-order valence-electron chi connectivity index (χ1n) is 29.6. The summed E-state index contributed by atoms with van der Waals surface area (Å²) in [6.07, 6.45) is 56.7. The molecule has 1 aliphatic heterocycles. The molecule has 0 aromatic heterocycles. The monoisotopic (exact) mass is 964 g/mol. The molecule has 1 amide bonds. The van der Waals surface area contributed by atoms with Crippen LogP contribution in [0.4, 0.5) is 0 Å². The molecule has 9 nitrogen and oxygen atoms in total. The molecule has 0 aromatic rings. The normalized spacial score (nSPS) is 19.7. The Morgan fingerprint density at radius 3 is 1.22 bits per heavy atom. The van der Waals surface area contributed by atoms with Gasteiger partial charge in [0.1, 0.15) is 24.4 Å². The van der Waals surface area contributed by atoms with Crippen LogP contribution in [0.3, 0.4) is 0 Å². The van der Waals surface area contributed by atoms with Gasteiger partial charge in [-0.25, -0.2) is 0 Å². The van der Waals surface area contributed by atoms with Crippen LogP contribution in [0.25, 0.3) is 0 Å².